The van der Waals surface area contributed by atoms with Crippen molar-refractivity contribution in [1.29, 1.82) is 0 Å². The number of allylic oxidation sites excluding steroid dienone is 1. The molecule has 1 fully saturated rings. The number of hydrogen-bond acceptors (Lipinski definition) is 3. The second-order valence-electron chi connectivity index (χ2n) is 5.96. The molecule has 118 valence electrons. The Morgan fingerprint density at radius 2 is 1.77 bits per heavy atom. The Kier molecular flexibility index (Phi) is 4.47. The quantitative estimate of drug-likeness (QED) is 0.656. The van der Waals surface area contributed by atoms with Crippen LogP contribution in [-0.2, 0) is 9.47 Å². The third-order valence-corrected chi connectivity index (χ3v) is 4.10. The molecule has 1 aliphatic heterocycles. The van der Waals surface area contributed by atoms with E-state index in [1.54, 1.807) is 30.3 Å². The summed E-state index contributed by atoms with van der Waals surface area (Å²) in [7, 11) is 0. The van der Waals surface area contributed by atoms with E-state index in [1.165, 1.54) is 6.21 Å². The van der Waals surface area contributed by atoms with Crippen LogP contribution in [0.25, 0.3) is 0 Å². The van der Waals surface area contributed by atoms with E-state index in [4.69, 9.17) is 21.1 Å². The molecule has 22 heavy (non-hydrogen) atoms. The Morgan fingerprint density at radius 1 is 1.18 bits per heavy atom. The highest BCUT2D eigenvalue weighted by atomic mass is 35.5. The molecule has 0 unspecified atom stereocenters. The van der Waals surface area contributed by atoms with Crippen LogP contribution < -0.4 is 10.5 Å². The number of benzene rings is 1. The maximum atomic E-state index is 11.9. The fraction of sp³-hybridized carbons (Fsp3) is 0.375. The summed E-state index contributed by atoms with van der Waals surface area (Å²) >= 11 is 5.95. The van der Waals surface area contributed by atoms with Gasteiger partial charge in [0.05, 0.1) is 16.7 Å². The smallest absolute Gasteiger partial charge is 0.306 e. The summed E-state index contributed by atoms with van der Waals surface area (Å²) < 4.78 is 11.4. The molecule has 5 nitrogen and oxygen atoms in total. The third-order valence-electron chi connectivity index (χ3n) is 3.77. The van der Waals surface area contributed by atoms with E-state index in [0.29, 0.717) is 16.5 Å². The molecular weight excluding hydrogens is 304 g/mol. The fourth-order valence-electron chi connectivity index (χ4n) is 1.77. The summed E-state index contributed by atoms with van der Waals surface area (Å²) in [4.78, 5) is 11.9. The second kappa shape index (κ2) is 6.01. The van der Waals surface area contributed by atoms with Crippen LogP contribution in [0.3, 0.4) is 0 Å². The van der Waals surface area contributed by atoms with Gasteiger partial charge in [-0.2, -0.15) is 0 Å². The van der Waals surface area contributed by atoms with Crippen molar-refractivity contribution in [2.45, 2.75) is 38.9 Å². The Labute approximate surface area is 134 Å². The Hall–Kier alpha value is -2.01. The van der Waals surface area contributed by atoms with Crippen LogP contribution in [0.15, 0.2) is 36.3 Å². The standard InChI is InChI=1S/C16H19ClN2O3/c1-15(2)16(3,4)22-13(21-15)9-10-18-19-14(20)11-7-5-6-8-12(11)17/h5-10H,1-4H3,(H,19,20)/p+1/b18-10+. The van der Waals surface area contributed by atoms with Gasteiger partial charge in [-0.05, 0) is 39.8 Å². The molecule has 1 aromatic rings. The number of hydrazone groups is 1. The van der Waals surface area contributed by atoms with E-state index in [1.807, 2.05) is 27.7 Å². The minimum Gasteiger partial charge on any atom is -0.455 e. The molecule has 0 saturated carbocycles. The van der Waals surface area contributed by atoms with Crippen LogP contribution in [-0.4, -0.2) is 23.3 Å². The second-order valence-corrected chi connectivity index (χ2v) is 6.36. The van der Waals surface area contributed by atoms with Gasteiger partial charge >= 0.3 is 5.91 Å². The van der Waals surface area contributed by atoms with E-state index in [-0.39, 0.29) is 5.91 Å². The molecule has 0 atom stereocenters. The lowest BCUT2D eigenvalue weighted by atomic mass is 9.90. The number of nitrogens with one attached hydrogen (secondary N) is 2. The molecule has 0 aliphatic carbocycles. The van der Waals surface area contributed by atoms with Gasteiger partial charge in [0.25, 0.3) is 5.95 Å². The first-order chi connectivity index (χ1) is 10.2. The SMILES string of the molecule is CC1(C)OC(=C/C=[NH+]/NC(=O)c2ccccc2Cl)OC1(C)C. The Morgan fingerprint density at radius 3 is 2.36 bits per heavy atom. The van der Waals surface area contributed by atoms with Crippen LogP contribution >= 0.6 is 11.6 Å². The van der Waals surface area contributed by atoms with Gasteiger partial charge in [-0.15, -0.1) is 10.5 Å². The molecule has 0 aromatic heterocycles. The lowest BCUT2D eigenvalue weighted by Gasteiger charge is -2.28. The van der Waals surface area contributed by atoms with Gasteiger partial charge in [0.1, 0.15) is 11.2 Å². The maximum absolute atomic E-state index is 11.9. The van der Waals surface area contributed by atoms with Crippen LogP contribution in [0.5, 0.6) is 0 Å². The average molecular weight is 324 g/mol. The molecule has 1 aliphatic rings. The van der Waals surface area contributed by atoms with Gasteiger partial charge in [0.15, 0.2) is 6.21 Å². The number of carbonyl (C=O) groups excluding carboxylic acids is 1. The molecule has 0 spiro atoms. The molecule has 2 rings (SSSR count). The number of ether oxygens (including phenoxy) is 2. The van der Waals surface area contributed by atoms with Crippen molar-refractivity contribution in [3.05, 3.63) is 46.9 Å². The zero-order chi connectivity index (χ0) is 16.4. The predicted molar refractivity (Wildman–Crippen MR) is 84.4 cm³/mol. The van der Waals surface area contributed by atoms with Crippen LogP contribution in [0, 0.1) is 0 Å². The third kappa shape index (κ3) is 3.42. The van der Waals surface area contributed by atoms with Crippen molar-refractivity contribution in [1.82, 2.24) is 5.43 Å². The normalized spacial score (nSPS) is 18.7. The number of halogens is 1. The molecule has 2 N–H and O–H groups in total. The summed E-state index contributed by atoms with van der Waals surface area (Å²) in [5, 5.41) is 3.07. The molecule has 6 heteroatoms. The topological polar surface area (TPSA) is 61.5 Å². The number of carbonyl (C=O) groups is 1. The summed E-state index contributed by atoms with van der Waals surface area (Å²) in [5.41, 5.74) is 2.07. The van der Waals surface area contributed by atoms with Crippen LogP contribution in [0.4, 0.5) is 0 Å². The van der Waals surface area contributed by atoms with Gasteiger partial charge < -0.3 is 9.47 Å². The highest BCUT2D eigenvalue weighted by Gasteiger charge is 2.48. The zero-order valence-electron chi connectivity index (χ0n) is 13.1. The number of rotatable bonds is 3. The minimum absolute atomic E-state index is 0.325. The van der Waals surface area contributed by atoms with Crippen molar-refractivity contribution >= 4 is 23.7 Å². The highest BCUT2D eigenvalue weighted by molar-refractivity contribution is 6.33. The van der Waals surface area contributed by atoms with Crippen LogP contribution in [0.1, 0.15) is 38.1 Å². The van der Waals surface area contributed by atoms with Crippen molar-refractivity contribution < 1.29 is 19.4 Å². The molecule has 1 heterocycles. The summed E-state index contributed by atoms with van der Waals surface area (Å²) in [6.45, 7) is 7.84. The molecule has 1 amide bonds. The van der Waals surface area contributed by atoms with Gasteiger partial charge in [-0.25, -0.2) is 0 Å². The van der Waals surface area contributed by atoms with Gasteiger partial charge in [0.2, 0.25) is 0 Å². The number of hydrogen-bond donors (Lipinski definition) is 2. The largest absolute Gasteiger partial charge is 0.455 e. The maximum Gasteiger partial charge on any atom is 0.306 e. The lowest BCUT2D eigenvalue weighted by Crippen LogP contribution is -2.81. The van der Waals surface area contributed by atoms with Gasteiger partial charge in [-0.1, -0.05) is 23.7 Å². The first-order valence-electron chi connectivity index (χ1n) is 6.95. The van der Waals surface area contributed by atoms with Crippen molar-refractivity contribution in [2.75, 3.05) is 0 Å². The fourth-order valence-corrected chi connectivity index (χ4v) is 1.99. The van der Waals surface area contributed by atoms with E-state index in [9.17, 15) is 4.79 Å². The number of amides is 1. The first kappa shape index (κ1) is 16.4. The van der Waals surface area contributed by atoms with E-state index in [0.717, 1.165) is 0 Å². The summed E-state index contributed by atoms with van der Waals surface area (Å²) in [6, 6.07) is 6.82. The monoisotopic (exact) mass is 323 g/mol. The van der Waals surface area contributed by atoms with E-state index in [2.05, 4.69) is 10.5 Å². The van der Waals surface area contributed by atoms with Crippen molar-refractivity contribution in [2.24, 2.45) is 0 Å². The molecular formula is C16H20ClN2O3+. The highest BCUT2D eigenvalue weighted by Crippen LogP contribution is 2.39. The van der Waals surface area contributed by atoms with Gasteiger partial charge in [-0.3, -0.25) is 4.79 Å². The Balaban J connectivity index is 1.96. The minimum atomic E-state index is -0.423. The Bertz CT molecular complexity index is 618. The molecule has 0 bridgehead atoms. The first-order valence-corrected chi connectivity index (χ1v) is 7.33. The number of hydrazine groups is 1. The summed E-state index contributed by atoms with van der Waals surface area (Å²) in [5.74, 6) is 0.0728. The van der Waals surface area contributed by atoms with Gasteiger partial charge in [0, 0.05) is 0 Å². The zero-order valence-corrected chi connectivity index (χ0v) is 13.8. The van der Waals surface area contributed by atoms with Crippen molar-refractivity contribution in [3.63, 3.8) is 0 Å². The van der Waals surface area contributed by atoms with Crippen molar-refractivity contribution in [3.8, 4) is 0 Å². The molecule has 1 saturated heterocycles. The lowest BCUT2D eigenvalue weighted by molar-refractivity contribution is -0.502. The van der Waals surface area contributed by atoms with Crippen LogP contribution in [0.2, 0.25) is 5.02 Å². The molecule has 1 aromatic carbocycles. The summed E-state index contributed by atoms with van der Waals surface area (Å²) in [6.07, 6.45) is 3.14. The predicted octanol–water partition coefficient (Wildman–Crippen LogP) is 1.58. The molecule has 0 radical (unpaired) electrons. The average Bonchev–Trinajstić information content (AvgIpc) is 2.63. The van der Waals surface area contributed by atoms with E-state index < -0.39 is 11.2 Å². The van der Waals surface area contributed by atoms with E-state index >= 15 is 0 Å².